The molecule has 56 heavy (non-hydrogen) atoms. The van der Waals surface area contributed by atoms with E-state index in [1.807, 2.05) is 0 Å². The van der Waals surface area contributed by atoms with Gasteiger partial charge in [0.25, 0.3) is 0 Å². The van der Waals surface area contributed by atoms with Crippen molar-refractivity contribution in [3.05, 3.63) is 12.2 Å². The Labute approximate surface area is 349 Å². The third-order valence-electron chi connectivity index (χ3n) is 12.0. The number of aliphatic hydroxyl groups is 4. The van der Waals surface area contributed by atoms with Gasteiger partial charge in [-0.1, -0.05) is 244 Å². The molecule has 6 nitrogen and oxygen atoms in total. The van der Waals surface area contributed by atoms with E-state index in [0.29, 0.717) is 12.8 Å². The molecule has 0 aliphatic carbocycles. The van der Waals surface area contributed by atoms with Crippen LogP contribution in [0.15, 0.2) is 12.2 Å². The lowest BCUT2D eigenvalue weighted by Gasteiger charge is -2.27. The lowest BCUT2D eigenvalue weighted by atomic mass is 10.00. The summed E-state index contributed by atoms with van der Waals surface area (Å²) in [4.78, 5) is 12.5. The minimum atomic E-state index is -1.28. The Balaban J connectivity index is 3.51. The second kappa shape index (κ2) is 45.1. The van der Waals surface area contributed by atoms with Crippen LogP contribution in [-0.2, 0) is 4.79 Å². The first kappa shape index (κ1) is 55.0. The highest BCUT2D eigenvalue weighted by atomic mass is 16.3. The average Bonchev–Trinajstić information content (AvgIpc) is 3.20. The molecule has 0 aromatic rings. The third kappa shape index (κ3) is 38.6. The molecule has 6 heteroatoms. The van der Waals surface area contributed by atoms with E-state index in [2.05, 4.69) is 31.3 Å². The summed E-state index contributed by atoms with van der Waals surface area (Å²) in [5.41, 5.74) is 0. The average molecular weight is 794 g/mol. The van der Waals surface area contributed by atoms with Gasteiger partial charge in [0.15, 0.2) is 0 Å². The van der Waals surface area contributed by atoms with Gasteiger partial charge in [-0.05, 0) is 38.5 Å². The quantitative estimate of drug-likeness (QED) is 0.0311. The van der Waals surface area contributed by atoms with E-state index in [1.165, 1.54) is 205 Å². The van der Waals surface area contributed by atoms with E-state index < -0.39 is 36.9 Å². The fourth-order valence-electron chi connectivity index (χ4n) is 7.99. The Morgan fingerprint density at radius 3 is 1.07 bits per heavy atom. The van der Waals surface area contributed by atoms with Crippen LogP contribution in [0.25, 0.3) is 0 Å². The zero-order valence-corrected chi connectivity index (χ0v) is 37.7. The minimum Gasteiger partial charge on any atom is -0.394 e. The number of hydrogen-bond donors (Lipinski definition) is 5. The highest BCUT2D eigenvalue weighted by Gasteiger charge is 2.28. The number of allylic oxidation sites excluding steroid dienone is 2. The summed E-state index contributed by atoms with van der Waals surface area (Å²) in [6.07, 6.45) is 51.6. The van der Waals surface area contributed by atoms with Gasteiger partial charge in [-0.25, -0.2) is 0 Å². The largest absolute Gasteiger partial charge is 0.394 e. The fourth-order valence-corrected chi connectivity index (χ4v) is 7.99. The molecule has 0 radical (unpaired) electrons. The maximum Gasteiger partial charge on any atom is 0.249 e. The molecule has 0 aliphatic rings. The fraction of sp³-hybridized carbons (Fsp3) is 0.940. The van der Waals surface area contributed by atoms with Gasteiger partial charge in [0, 0.05) is 0 Å². The number of hydrogen-bond acceptors (Lipinski definition) is 5. The highest BCUT2D eigenvalue weighted by molar-refractivity contribution is 5.80. The SMILES string of the molecule is CCCCCC/C=C/CCCC(O)C(O)C(CO)NC(=O)C(O)CCCCCCCCCCCCCCCCCCCCCCCCCCCCCCCCC. The Bertz CT molecular complexity index is 806. The molecular weight excluding hydrogens is 695 g/mol. The van der Waals surface area contributed by atoms with E-state index in [4.69, 9.17) is 0 Å². The van der Waals surface area contributed by atoms with Crippen LogP contribution < -0.4 is 5.32 Å². The molecule has 0 aromatic carbocycles. The van der Waals surface area contributed by atoms with Gasteiger partial charge in [-0.15, -0.1) is 0 Å². The summed E-state index contributed by atoms with van der Waals surface area (Å²) >= 11 is 0. The maximum absolute atomic E-state index is 12.5. The molecule has 0 aliphatic heterocycles. The molecule has 0 saturated carbocycles. The van der Waals surface area contributed by atoms with Gasteiger partial charge in [0.05, 0.1) is 18.8 Å². The van der Waals surface area contributed by atoms with Gasteiger partial charge in [0.1, 0.15) is 12.2 Å². The summed E-state index contributed by atoms with van der Waals surface area (Å²) in [5, 5.41) is 43.5. The number of rotatable bonds is 46. The third-order valence-corrected chi connectivity index (χ3v) is 12.0. The molecule has 0 heterocycles. The minimum absolute atomic E-state index is 0.368. The second-order valence-corrected chi connectivity index (χ2v) is 17.5. The number of unbranched alkanes of at least 4 members (excludes halogenated alkanes) is 35. The zero-order chi connectivity index (χ0) is 41.0. The topological polar surface area (TPSA) is 110 Å². The molecule has 0 fully saturated rings. The molecule has 0 bridgehead atoms. The van der Waals surface area contributed by atoms with E-state index in [9.17, 15) is 25.2 Å². The van der Waals surface area contributed by atoms with Gasteiger partial charge >= 0.3 is 0 Å². The van der Waals surface area contributed by atoms with Gasteiger partial charge in [-0.3, -0.25) is 4.79 Å². The van der Waals surface area contributed by atoms with E-state index >= 15 is 0 Å². The summed E-state index contributed by atoms with van der Waals surface area (Å²) in [5.74, 6) is -0.591. The Hall–Kier alpha value is -0.950. The van der Waals surface area contributed by atoms with Crippen LogP contribution in [0.4, 0.5) is 0 Å². The van der Waals surface area contributed by atoms with Crippen LogP contribution in [-0.4, -0.2) is 57.3 Å². The van der Waals surface area contributed by atoms with Crippen molar-refractivity contribution in [3.63, 3.8) is 0 Å². The Kier molecular flexibility index (Phi) is 44.4. The van der Waals surface area contributed by atoms with Crippen LogP contribution >= 0.6 is 0 Å². The molecule has 0 aromatic heterocycles. The van der Waals surface area contributed by atoms with Crippen molar-refractivity contribution in [2.45, 2.75) is 295 Å². The molecule has 0 spiro atoms. The number of amides is 1. The number of carbonyl (C=O) groups is 1. The summed E-state index contributed by atoms with van der Waals surface area (Å²) < 4.78 is 0. The van der Waals surface area contributed by atoms with Crippen molar-refractivity contribution in [2.75, 3.05) is 6.61 Å². The molecule has 0 saturated heterocycles. The standard InChI is InChI=1S/C50H99NO5/c1-3-5-7-9-11-13-14-15-16-17-18-19-20-21-22-23-24-25-26-27-28-29-30-31-32-33-34-36-38-40-42-44-48(54)50(56)51-46(45-52)49(55)47(53)43-41-39-37-35-12-10-8-6-4-2/h35,37,46-49,52-55H,3-34,36,38-45H2,1-2H3,(H,51,56)/b37-35+. The van der Waals surface area contributed by atoms with Crippen LogP contribution in [0.1, 0.15) is 271 Å². The molecule has 5 N–H and O–H groups in total. The van der Waals surface area contributed by atoms with Crippen LogP contribution in [0.2, 0.25) is 0 Å². The van der Waals surface area contributed by atoms with E-state index in [-0.39, 0.29) is 0 Å². The predicted molar refractivity (Wildman–Crippen MR) is 242 cm³/mol. The second-order valence-electron chi connectivity index (χ2n) is 17.5. The van der Waals surface area contributed by atoms with E-state index in [0.717, 1.165) is 38.5 Å². The molecule has 334 valence electrons. The number of aliphatic hydroxyl groups excluding tert-OH is 4. The highest BCUT2D eigenvalue weighted by Crippen LogP contribution is 2.18. The van der Waals surface area contributed by atoms with Gasteiger partial charge < -0.3 is 25.7 Å². The van der Waals surface area contributed by atoms with Crippen molar-refractivity contribution in [2.24, 2.45) is 0 Å². The first-order valence-electron chi connectivity index (χ1n) is 25.1. The van der Waals surface area contributed by atoms with E-state index in [1.54, 1.807) is 0 Å². The monoisotopic (exact) mass is 794 g/mol. The zero-order valence-electron chi connectivity index (χ0n) is 37.7. The summed E-state index contributed by atoms with van der Waals surface area (Å²) in [6, 6.07) is -0.996. The van der Waals surface area contributed by atoms with Crippen molar-refractivity contribution < 1.29 is 25.2 Å². The lowest BCUT2D eigenvalue weighted by molar-refractivity contribution is -0.132. The van der Waals surface area contributed by atoms with Crippen molar-refractivity contribution >= 4 is 5.91 Å². The molecule has 1 amide bonds. The van der Waals surface area contributed by atoms with Crippen molar-refractivity contribution in [3.8, 4) is 0 Å². The molecule has 0 rings (SSSR count). The first-order chi connectivity index (χ1) is 27.5. The maximum atomic E-state index is 12.5. The molecule has 4 unspecified atom stereocenters. The normalized spacial score (nSPS) is 14.0. The van der Waals surface area contributed by atoms with Gasteiger partial charge in [-0.2, -0.15) is 0 Å². The number of carbonyl (C=O) groups excluding carboxylic acids is 1. The van der Waals surface area contributed by atoms with Crippen LogP contribution in [0.5, 0.6) is 0 Å². The van der Waals surface area contributed by atoms with Crippen LogP contribution in [0, 0.1) is 0 Å². The van der Waals surface area contributed by atoms with Gasteiger partial charge in [0.2, 0.25) is 5.91 Å². The van der Waals surface area contributed by atoms with Crippen molar-refractivity contribution in [1.29, 1.82) is 0 Å². The van der Waals surface area contributed by atoms with Crippen LogP contribution in [0.3, 0.4) is 0 Å². The predicted octanol–water partition coefficient (Wildman–Crippen LogP) is 13.7. The molecule has 4 atom stereocenters. The number of nitrogens with one attached hydrogen (secondary N) is 1. The summed E-state index contributed by atoms with van der Waals surface area (Å²) in [7, 11) is 0. The lowest BCUT2D eigenvalue weighted by Crippen LogP contribution is -2.53. The summed E-state index contributed by atoms with van der Waals surface area (Å²) in [6.45, 7) is 4.01. The van der Waals surface area contributed by atoms with Crippen molar-refractivity contribution in [1.82, 2.24) is 5.32 Å². The molecular formula is C50H99NO5. The Morgan fingerprint density at radius 1 is 0.429 bits per heavy atom. The first-order valence-corrected chi connectivity index (χ1v) is 25.1. The Morgan fingerprint density at radius 2 is 0.732 bits per heavy atom. The smallest absolute Gasteiger partial charge is 0.249 e.